The monoisotopic (exact) mass is 290 g/mol. The van der Waals surface area contributed by atoms with Crippen molar-refractivity contribution in [3.63, 3.8) is 0 Å². The van der Waals surface area contributed by atoms with E-state index in [1.807, 2.05) is 6.20 Å². The third kappa shape index (κ3) is 1.93. The summed E-state index contributed by atoms with van der Waals surface area (Å²) in [7, 11) is 0. The summed E-state index contributed by atoms with van der Waals surface area (Å²) < 4.78 is 3.48. The number of imidazole rings is 1. The summed E-state index contributed by atoms with van der Waals surface area (Å²) in [4.78, 5) is 4.60. The van der Waals surface area contributed by atoms with Crippen molar-refractivity contribution >= 4 is 15.9 Å². The average molecular weight is 291 g/mol. The normalized spacial score (nSPS) is 19.1. The van der Waals surface area contributed by atoms with E-state index < -0.39 is 0 Å². The Kier molecular flexibility index (Phi) is 2.79. The summed E-state index contributed by atoms with van der Waals surface area (Å²) in [6.07, 6.45) is 4.58. The molecular weight excluding hydrogens is 276 g/mol. The maximum Gasteiger partial charge on any atom is 0.140 e. The van der Waals surface area contributed by atoms with Gasteiger partial charge in [-0.3, -0.25) is 0 Å². The molecule has 0 N–H and O–H groups in total. The Hall–Kier alpha value is -1.09. The molecule has 1 aliphatic rings. The lowest BCUT2D eigenvalue weighted by Crippen LogP contribution is -2.13. The number of hydrogen-bond acceptors (Lipinski definition) is 1. The Morgan fingerprint density at radius 3 is 2.82 bits per heavy atom. The molecule has 3 rings (SSSR count). The maximum atomic E-state index is 4.60. The fraction of sp³-hybridized carbons (Fsp3) is 0.357. The number of nitrogens with zero attached hydrogens (tertiary/aromatic N) is 2. The fourth-order valence-electron chi connectivity index (χ4n) is 2.55. The van der Waals surface area contributed by atoms with E-state index in [2.05, 4.69) is 56.7 Å². The van der Waals surface area contributed by atoms with E-state index in [9.17, 15) is 0 Å². The van der Waals surface area contributed by atoms with Gasteiger partial charge >= 0.3 is 0 Å². The molecule has 1 aromatic heterocycles. The molecule has 0 fully saturated rings. The summed E-state index contributed by atoms with van der Waals surface area (Å²) in [5.41, 5.74) is 2.59. The van der Waals surface area contributed by atoms with E-state index in [1.54, 1.807) is 0 Å². The Bertz CT molecular complexity index is 528. The maximum absolute atomic E-state index is 4.60. The highest BCUT2D eigenvalue weighted by Gasteiger charge is 2.20. The van der Waals surface area contributed by atoms with Crippen LogP contribution >= 0.6 is 15.9 Å². The number of rotatable bonds is 1. The van der Waals surface area contributed by atoms with Gasteiger partial charge in [0.25, 0.3) is 0 Å². The van der Waals surface area contributed by atoms with Crippen LogP contribution in [-0.2, 0) is 6.54 Å². The second-order valence-electron chi connectivity index (χ2n) is 4.71. The zero-order valence-electron chi connectivity index (χ0n) is 9.86. The first-order valence-corrected chi connectivity index (χ1v) is 6.86. The van der Waals surface area contributed by atoms with Crippen molar-refractivity contribution in [3.8, 4) is 11.4 Å². The summed E-state index contributed by atoms with van der Waals surface area (Å²) in [5, 5.41) is 0. The highest BCUT2D eigenvalue weighted by Crippen LogP contribution is 2.31. The Balaban J connectivity index is 2.07. The molecule has 2 aromatic rings. The number of benzene rings is 1. The van der Waals surface area contributed by atoms with Crippen LogP contribution in [0.2, 0.25) is 0 Å². The predicted molar refractivity (Wildman–Crippen MR) is 73.0 cm³/mol. The van der Waals surface area contributed by atoms with E-state index >= 15 is 0 Å². The molecule has 2 nitrogen and oxygen atoms in total. The summed E-state index contributed by atoms with van der Waals surface area (Å²) in [6, 6.07) is 8.39. The van der Waals surface area contributed by atoms with Gasteiger partial charge in [-0.25, -0.2) is 4.98 Å². The molecule has 88 valence electrons. The predicted octanol–water partition coefficient (Wildman–Crippen LogP) is 4.21. The van der Waals surface area contributed by atoms with Gasteiger partial charge in [0.15, 0.2) is 0 Å². The van der Waals surface area contributed by atoms with Gasteiger partial charge in [-0.2, -0.15) is 0 Å². The molecule has 17 heavy (non-hydrogen) atoms. The number of aromatic nitrogens is 2. The first-order chi connectivity index (χ1) is 8.25. The molecule has 0 radical (unpaired) electrons. The van der Waals surface area contributed by atoms with Crippen molar-refractivity contribution in [1.29, 1.82) is 0 Å². The zero-order chi connectivity index (χ0) is 11.8. The van der Waals surface area contributed by atoms with E-state index in [0.29, 0.717) is 5.92 Å². The van der Waals surface area contributed by atoms with E-state index in [0.717, 1.165) is 16.8 Å². The quantitative estimate of drug-likeness (QED) is 0.769. The van der Waals surface area contributed by atoms with Crippen molar-refractivity contribution in [1.82, 2.24) is 9.55 Å². The third-order valence-corrected chi connectivity index (χ3v) is 4.04. The van der Waals surface area contributed by atoms with Crippen LogP contribution in [0.25, 0.3) is 11.4 Å². The van der Waals surface area contributed by atoms with Crippen molar-refractivity contribution in [2.24, 2.45) is 0 Å². The molecule has 0 saturated carbocycles. The highest BCUT2D eigenvalue weighted by atomic mass is 79.9. The standard InChI is InChI=1S/C14H15BrN2/c1-10-3-2-8-17-13(10)9-16-14(17)11-4-6-12(15)7-5-11/h4-7,9-10H,2-3,8H2,1H3. The lowest BCUT2D eigenvalue weighted by atomic mass is 9.98. The highest BCUT2D eigenvalue weighted by molar-refractivity contribution is 9.10. The van der Waals surface area contributed by atoms with Crippen LogP contribution in [-0.4, -0.2) is 9.55 Å². The molecule has 2 heterocycles. The molecule has 0 saturated heterocycles. The fourth-order valence-corrected chi connectivity index (χ4v) is 2.81. The third-order valence-electron chi connectivity index (χ3n) is 3.51. The van der Waals surface area contributed by atoms with Crippen LogP contribution in [0.3, 0.4) is 0 Å². The number of fused-ring (bicyclic) bond motifs is 1. The average Bonchev–Trinajstić information content (AvgIpc) is 2.75. The number of halogens is 1. The Morgan fingerprint density at radius 1 is 1.29 bits per heavy atom. The van der Waals surface area contributed by atoms with E-state index in [1.165, 1.54) is 24.1 Å². The van der Waals surface area contributed by atoms with E-state index in [4.69, 9.17) is 0 Å². The van der Waals surface area contributed by atoms with Gasteiger partial charge in [0.05, 0.1) is 0 Å². The minimum Gasteiger partial charge on any atom is -0.328 e. The first-order valence-electron chi connectivity index (χ1n) is 6.07. The molecule has 3 heteroatoms. The van der Waals surface area contributed by atoms with Crippen molar-refractivity contribution < 1.29 is 0 Å². The van der Waals surface area contributed by atoms with Crippen LogP contribution in [0.15, 0.2) is 34.9 Å². The largest absolute Gasteiger partial charge is 0.328 e. The van der Waals surface area contributed by atoms with Crippen molar-refractivity contribution in [3.05, 3.63) is 40.6 Å². The van der Waals surface area contributed by atoms with Crippen LogP contribution in [0.1, 0.15) is 31.4 Å². The van der Waals surface area contributed by atoms with Crippen LogP contribution in [0.4, 0.5) is 0 Å². The lowest BCUT2D eigenvalue weighted by Gasteiger charge is -2.22. The second-order valence-corrected chi connectivity index (χ2v) is 5.62. The molecule has 1 unspecified atom stereocenters. The van der Waals surface area contributed by atoms with Gasteiger partial charge in [0.2, 0.25) is 0 Å². The summed E-state index contributed by atoms with van der Waals surface area (Å²) in [6.45, 7) is 3.39. The smallest absolute Gasteiger partial charge is 0.140 e. The molecule has 0 spiro atoms. The SMILES string of the molecule is CC1CCCn2c1cnc2-c1ccc(Br)cc1. The topological polar surface area (TPSA) is 17.8 Å². The zero-order valence-corrected chi connectivity index (χ0v) is 11.4. The first kappa shape index (κ1) is 11.0. The van der Waals surface area contributed by atoms with Gasteiger partial charge < -0.3 is 4.57 Å². The summed E-state index contributed by atoms with van der Waals surface area (Å²) in [5.74, 6) is 1.75. The van der Waals surface area contributed by atoms with Gasteiger partial charge in [0.1, 0.15) is 5.82 Å². The second kappa shape index (κ2) is 4.30. The van der Waals surface area contributed by atoms with Crippen LogP contribution in [0.5, 0.6) is 0 Å². The van der Waals surface area contributed by atoms with Gasteiger partial charge in [-0.05, 0) is 30.9 Å². The molecule has 0 aliphatic carbocycles. The molecule has 0 amide bonds. The van der Waals surface area contributed by atoms with Crippen LogP contribution in [0, 0.1) is 0 Å². The number of hydrogen-bond donors (Lipinski definition) is 0. The molecule has 1 aromatic carbocycles. The van der Waals surface area contributed by atoms with Crippen molar-refractivity contribution in [2.45, 2.75) is 32.2 Å². The molecule has 1 atom stereocenters. The lowest BCUT2D eigenvalue weighted by molar-refractivity contribution is 0.478. The molecular formula is C14H15BrN2. The van der Waals surface area contributed by atoms with Gasteiger partial charge in [-0.15, -0.1) is 0 Å². The minimum absolute atomic E-state index is 0.639. The summed E-state index contributed by atoms with van der Waals surface area (Å²) >= 11 is 3.47. The Morgan fingerprint density at radius 2 is 2.06 bits per heavy atom. The van der Waals surface area contributed by atoms with Crippen LogP contribution < -0.4 is 0 Å². The molecule has 1 aliphatic heterocycles. The Labute approximate surface area is 110 Å². The van der Waals surface area contributed by atoms with E-state index in [-0.39, 0.29) is 0 Å². The minimum atomic E-state index is 0.639. The van der Waals surface area contributed by atoms with Gasteiger partial charge in [0, 0.05) is 28.5 Å². The van der Waals surface area contributed by atoms with Gasteiger partial charge in [-0.1, -0.05) is 35.0 Å². The van der Waals surface area contributed by atoms with Crippen molar-refractivity contribution in [2.75, 3.05) is 0 Å². The molecule has 0 bridgehead atoms.